The van der Waals surface area contributed by atoms with Crippen LogP contribution in [-0.4, -0.2) is 57.9 Å². The molecule has 0 heterocycles. The molecule has 0 aromatic rings. The Labute approximate surface area is 91.7 Å². The predicted octanol–water partition coefficient (Wildman–Crippen LogP) is -0.590. The molecule has 0 aliphatic heterocycles. The molecule has 0 aromatic carbocycles. The summed E-state index contributed by atoms with van der Waals surface area (Å²) in [4.78, 5) is 0. The van der Waals surface area contributed by atoms with E-state index in [0.717, 1.165) is 13.0 Å². The molecule has 0 bridgehead atoms. The minimum absolute atomic E-state index is 0.0438. The summed E-state index contributed by atoms with van der Waals surface area (Å²) in [6.45, 7) is 3.89. The highest BCUT2D eigenvalue weighted by atomic mass is 32.2. The third kappa shape index (κ3) is 10.1. The van der Waals surface area contributed by atoms with E-state index < -0.39 is 9.84 Å². The van der Waals surface area contributed by atoms with Crippen LogP contribution in [0, 0.1) is 0 Å². The lowest BCUT2D eigenvalue weighted by atomic mass is 10.4. The lowest BCUT2D eigenvalue weighted by Gasteiger charge is -2.05. The average Bonchev–Trinajstić information content (AvgIpc) is 2.22. The molecule has 0 fully saturated rings. The van der Waals surface area contributed by atoms with Crippen molar-refractivity contribution in [2.24, 2.45) is 0 Å². The maximum absolute atomic E-state index is 11.1. The monoisotopic (exact) mass is 239 g/mol. The second-order valence-corrected chi connectivity index (χ2v) is 5.65. The molecule has 92 valence electrons. The quantitative estimate of drug-likeness (QED) is 0.498. The van der Waals surface area contributed by atoms with E-state index in [0.29, 0.717) is 19.8 Å². The molecule has 0 saturated heterocycles. The average molecular weight is 239 g/mol. The van der Waals surface area contributed by atoms with Gasteiger partial charge in [0.05, 0.1) is 19.0 Å². The molecule has 0 spiro atoms. The highest BCUT2D eigenvalue weighted by Crippen LogP contribution is 1.87. The van der Waals surface area contributed by atoms with Crippen LogP contribution >= 0.6 is 0 Å². The van der Waals surface area contributed by atoms with Gasteiger partial charge in [-0.05, 0) is 13.0 Å². The minimum Gasteiger partial charge on any atom is -0.394 e. The van der Waals surface area contributed by atoms with Crippen LogP contribution in [0.2, 0.25) is 0 Å². The summed E-state index contributed by atoms with van der Waals surface area (Å²) >= 11 is 0. The van der Waals surface area contributed by atoms with Gasteiger partial charge in [-0.1, -0.05) is 6.92 Å². The third-order valence-electron chi connectivity index (χ3n) is 1.91. The van der Waals surface area contributed by atoms with Gasteiger partial charge in [0.2, 0.25) is 0 Å². The van der Waals surface area contributed by atoms with E-state index in [1.165, 1.54) is 0 Å². The Morgan fingerprint density at radius 1 is 1.27 bits per heavy atom. The SMILES string of the molecule is CCS(=O)(=O)CCNCCCOCCO. The van der Waals surface area contributed by atoms with Gasteiger partial charge >= 0.3 is 0 Å². The molecule has 2 N–H and O–H groups in total. The predicted molar refractivity (Wildman–Crippen MR) is 59.7 cm³/mol. The van der Waals surface area contributed by atoms with Crippen molar-refractivity contribution in [3.8, 4) is 0 Å². The van der Waals surface area contributed by atoms with Gasteiger partial charge in [-0.25, -0.2) is 8.42 Å². The third-order valence-corrected chi connectivity index (χ3v) is 3.61. The summed E-state index contributed by atoms with van der Waals surface area (Å²) in [6, 6.07) is 0. The fourth-order valence-corrected chi connectivity index (χ4v) is 1.71. The van der Waals surface area contributed by atoms with Crippen molar-refractivity contribution in [1.82, 2.24) is 5.32 Å². The number of hydrogen-bond donors (Lipinski definition) is 2. The fourth-order valence-electron chi connectivity index (χ4n) is 0.963. The highest BCUT2D eigenvalue weighted by Gasteiger charge is 2.05. The van der Waals surface area contributed by atoms with Crippen LogP contribution in [0.3, 0.4) is 0 Å². The molecule has 15 heavy (non-hydrogen) atoms. The normalized spacial score (nSPS) is 11.9. The van der Waals surface area contributed by atoms with Crippen molar-refractivity contribution >= 4 is 9.84 Å². The van der Waals surface area contributed by atoms with Crippen LogP contribution in [0.4, 0.5) is 0 Å². The number of hydrogen-bond acceptors (Lipinski definition) is 5. The molecule has 0 aliphatic carbocycles. The van der Waals surface area contributed by atoms with Gasteiger partial charge in [-0.3, -0.25) is 0 Å². The number of ether oxygens (including phenoxy) is 1. The molecule has 0 aliphatic rings. The molecule has 6 heteroatoms. The van der Waals surface area contributed by atoms with Gasteiger partial charge in [0.15, 0.2) is 9.84 Å². The summed E-state index contributed by atoms with van der Waals surface area (Å²) in [5.41, 5.74) is 0. The molecule has 0 amide bonds. The van der Waals surface area contributed by atoms with Crippen LogP contribution in [0.15, 0.2) is 0 Å². The summed E-state index contributed by atoms with van der Waals surface area (Å²) in [5.74, 6) is 0.398. The van der Waals surface area contributed by atoms with E-state index >= 15 is 0 Å². The van der Waals surface area contributed by atoms with Crippen molar-refractivity contribution in [2.45, 2.75) is 13.3 Å². The number of nitrogens with one attached hydrogen (secondary N) is 1. The van der Waals surface area contributed by atoms with Crippen molar-refractivity contribution in [1.29, 1.82) is 0 Å². The van der Waals surface area contributed by atoms with Crippen LogP contribution in [0.5, 0.6) is 0 Å². The second-order valence-electron chi connectivity index (χ2n) is 3.18. The smallest absolute Gasteiger partial charge is 0.151 e. The molecular formula is C9H21NO4S. The zero-order chi connectivity index (χ0) is 11.6. The van der Waals surface area contributed by atoms with Crippen LogP contribution in [0.25, 0.3) is 0 Å². The molecule has 5 nitrogen and oxygen atoms in total. The Morgan fingerprint density at radius 2 is 2.00 bits per heavy atom. The second kappa shape index (κ2) is 9.08. The zero-order valence-corrected chi connectivity index (χ0v) is 10.1. The lowest BCUT2D eigenvalue weighted by molar-refractivity contribution is 0.0908. The lowest BCUT2D eigenvalue weighted by Crippen LogP contribution is -2.25. The van der Waals surface area contributed by atoms with E-state index in [2.05, 4.69) is 5.32 Å². The molecule has 0 unspecified atom stereocenters. The van der Waals surface area contributed by atoms with E-state index in [1.807, 2.05) is 0 Å². The van der Waals surface area contributed by atoms with Crippen molar-refractivity contribution in [3.63, 3.8) is 0 Å². The van der Waals surface area contributed by atoms with Gasteiger partial charge in [0.1, 0.15) is 0 Å². The Balaban J connectivity index is 3.19. The van der Waals surface area contributed by atoms with Gasteiger partial charge in [-0.15, -0.1) is 0 Å². The molecule has 0 rings (SSSR count). The number of sulfone groups is 1. The van der Waals surface area contributed by atoms with Crippen molar-refractivity contribution < 1.29 is 18.3 Å². The number of aliphatic hydroxyl groups excluding tert-OH is 1. The maximum atomic E-state index is 11.1. The van der Waals surface area contributed by atoms with Crippen molar-refractivity contribution in [2.75, 3.05) is 44.4 Å². The first-order chi connectivity index (χ1) is 7.12. The molecule has 0 saturated carbocycles. The van der Waals surface area contributed by atoms with Crippen molar-refractivity contribution in [3.05, 3.63) is 0 Å². The van der Waals surface area contributed by atoms with Gasteiger partial charge in [0.25, 0.3) is 0 Å². The molecular weight excluding hydrogens is 218 g/mol. The Morgan fingerprint density at radius 3 is 2.60 bits per heavy atom. The first-order valence-corrected chi connectivity index (χ1v) is 7.04. The summed E-state index contributed by atoms with van der Waals surface area (Å²) in [5, 5.41) is 11.4. The highest BCUT2D eigenvalue weighted by molar-refractivity contribution is 7.91. The molecule has 0 aromatic heterocycles. The van der Waals surface area contributed by atoms with Gasteiger partial charge in [0, 0.05) is 18.9 Å². The molecule has 0 radical (unpaired) electrons. The molecule has 0 atom stereocenters. The van der Waals surface area contributed by atoms with E-state index in [9.17, 15) is 8.42 Å². The van der Waals surface area contributed by atoms with Gasteiger partial charge < -0.3 is 15.2 Å². The van der Waals surface area contributed by atoms with Gasteiger partial charge in [-0.2, -0.15) is 0 Å². The van der Waals surface area contributed by atoms with Crippen LogP contribution in [-0.2, 0) is 14.6 Å². The zero-order valence-electron chi connectivity index (χ0n) is 9.24. The first kappa shape index (κ1) is 14.8. The van der Waals surface area contributed by atoms with Crippen LogP contribution in [0.1, 0.15) is 13.3 Å². The standard InChI is InChI=1S/C9H21NO4S/c1-2-15(12,13)9-5-10-4-3-7-14-8-6-11/h10-11H,2-9H2,1H3. The summed E-state index contributed by atoms with van der Waals surface area (Å²) in [6.07, 6.45) is 0.826. The van der Waals surface area contributed by atoms with E-state index in [4.69, 9.17) is 9.84 Å². The Kier molecular flexibility index (Phi) is 8.98. The summed E-state index contributed by atoms with van der Waals surface area (Å²) < 4.78 is 27.2. The van der Waals surface area contributed by atoms with E-state index in [1.54, 1.807) is 6.92 Å². The Bertz CT molecular complexity index is 228. The van der Waals surface area contributed by atoms with E-state index in [-0.39, 0.29) is 18.1 Å². The Hall–Kier alpha value is -0.170. The number of aliphatic hydroxyl groups is 1. The number of rotatable bonds is 10. The topological polar surface area (TPSA) is 75.6 Å². The first-order valence-electron chi connectivity index (χ1n) is 5.22. The largest absolute Gasteiger partial charge is 0.394 e. The maximum Gasteiger partial charge on any atom is 0.151 e. The minimum atomic E-state index is -2.85. The van der Waals surface area contributed by atoms with Crippen LogP contribution < -0.4 is 5.32 Å². The fraction of sp³-hybridized carbons (Fsp3) is 1.00. The summed E-state index contributed by atoms with van der Waals surface area (Å²) in [7, 11) is -2.85.